The van der Waals surface area contributed by atoms with Gasteiger partial charge in [0.05, 0.1) is 22.1 Å². The van der Waals surface area contributed by atoms with Gasteiger partial charge in [-0.2, -0.15) is 5.10 Å². The van der Waals surface area contributed by atoms with Gasteiger partial charge in [-0.25, -0.2) is 4.98 Å². The topological polar surface area (TPSA) is 80.1 Å². The van der Waals surface area contributed by atoms with Crippen molar-refractivity contribution in [1.29, 1.82) is 0 Å². The Hall–Kier alpha value is -3.15. The highest BCUT2D eigenvalue weighted by Gasteiger charge is 2.43. The molecule has 0 bridgehead atoms. The molecule has 0 aromatic carbocycles. The maximum absolute atomic E-state index is 13.2. The number of hydrogen-bond donors (Lipinski definition) is 1. The lowest BCUT2D eigenvalue weighted by Crippen LogP contribution is -2.28. The number of hydrogen-bond acceptors (Lipinski definition) is 5. The Bertz CT molecular complexity index is 1290. The van der Waals surface area contributed by atoms with E-state index in [1.165, 1.54) is 6.20 Å². The number of carbonyl (C=O) groups excluding carboxylic acids is 2. The second kappa shape index (κ2) is 9.24. The number of aryl methyl sites for hydroxylation is 1. The minimum atomic E-state index is -0.335. The maximum atomic E-state index is 13.2. The molecule has 174 valence electrons. The molecule has 2 fully saturated rings. The van der Waals surface area contributed by atoms with Crippen molar-refractivity contribution in [2.45, 2.75) is 32.7 Å². The van der Waals surface area contributed by atoms with Crippen molar-refractivity contribution in [3.63, 3.8) is 0 Å². The van der Waals surface area contributed by atoms with Gasteiger partial charge in [0.2, 0.25) is 5.91 Å². The Balaban J connectivity index is 1.30. The number of carbonyl (C=O) groups is 2. The highest BCUT2D eigenvalue weighted by atomic mass is 35.5. The smallest absolute Gasteiger partial charge is 0.276 e. The first-order valence-electron chi connectivity index (χ1n) is 11.2. The van der Waals surface area contributed by atoms with Crippen molar-refractivity contribution in [2.24, 2.45) is 11.8 Å². The van der Waals surface area contributed by atoms with Crippen molar-refractivity contribution in [2.75, 3.05) is 18.4 Å². The van der Waals surface area contributed by atoms with Crippen molar-refractivity contribution in [1.82, 2.24) is 19.7 Å². The molecule has 1 saturated heterocycles. The van der Waals surface area contributed by atoms with E-state index in [1.807, 2.05) is 35.4 Å². The minimum absolute atomic E-state index is 0.0846. The summed E-state index contributed by atoms with van der Waals surface area (Å²) < 4.78 is 1.75. The Kier molecular flexibility index (Phi) is 6.15. The first kappa shape index (κ1) is 22.6. The summed E-state index contributed by atoms with van der Waals surface area (Å²) in [6.07, 6.45) is 4.93. The fraction of sp³-hybridized carbons (Fsp3) is 0.360. The molecule has 2 aliphatic rings. The van der Waals surface area contributed by atoms with Crippen molar-refractivity contribution in [3.05, 3.63) is 62.7 Å². The predicted molar refractivity (Wildman–Crippen MR) is 132 cm³/mol. The molecule has 1 aliphatic carbocycles. The van der Waals surface area contributed by atoms with Crippen LogP contribution in [-0.4, -0.2) is 44.6 Å². The lowest BCUT2D eigenvalue weighted by Gasteiger charge is -2.19. The summed E-state index contributed by atoms with van der Waals surface area (Å²) >= 11 is 7.98. The van der Waals surface area contributed by atoms with E-state index in [-0.39, 0.29) is 17.9 Å². The molecule has 2 amide bonds. The number of thiophene rings is 1. The van der Waals surface area contributed by atoms with Crippen LogP contribution in [0.1, 0.15) is 52.3 Å². The molecule has 4 heterocycles. The van der Waals surface area contributed by atoms with Gasteiger partial charge in [0.15, 0.2) is 0 Å². The Morgan fingerprint density at radius 1 is 1.21 bits per heavy atom. The van der Waals surface area contributed by atoms with Crippen molar-refractivity contribution < 1.29 is 9.59 Å². The van der Waals surface area contributed by atoms with Crippen LogP contribution in [-0.2, 0) is 4.79 Å². The quantitative estimate of drug-likeness (QED) is 0.549. The van der Waals surface area contributed by atoms with Crippen LogP contribution in [0.25, 0.3) is 0 Å². The van der Waals surface area contributed by atoms with Crippen LogP contribution >= 0.6 is 22.9 Å². The van der Waals surface area contributed by atoms with Crippen LogP contribution in [0.3, 0.4) is 0 Å². The standard InChI is InChI=1S/C25H24ClN5O2S/c1-15-8-17(5-6-21-4-3-7-34-21)11-27-24(15)29-25(33)23-22(26)12-28-31(23)20-9-18-13-30(16(2)32)14-19(18)10-20/h3-4,7-8,11-12,18-20H,9-10,13-14H2,1-2H3,(H,27,29,33)/t18-,19+,20+. The molecule has 3 atom stereocenters. The van der Waals surface area contributed by atoms with Crippen molar-refractivity contribution in [3.8, 4) is 11.8 Å². The third kappa shape index (κ3) is 4.46. The number of likely N-dealkylation sites (tertiary alicyclic amines) is 1. The number of amides is 2. The summed E-state index contributed by atoms with van der Waals surface area (Å²) in [5.41, 5.74) is 1.94. The highest BCUT2D eigenvalue weighted by Crippen LogP contribution is 2.44. The lowest BCUT2D eigenvalue weighted by atomic mass is 10.0. The fourth-order valence-electron chi connectivity index (χ4n) is 4.98. The van der Waals surface area contributed by atoms with E-state index in [0.29, 0.717) is 28.4 Å². The second-order valence-corrected chi connectivity index (χ2v) is 10.3. The Morgan fingerprint density at radius 3 is 2.62 bits per heavy atom. The van der Waals surface area contributed by atoms with Gasteiger partial charge in [0, 0.05) is 31.8 Å². The van der Waals surface area contributed by atoms with Gasteiger partial charge in [-0.15, -0.1) is 11.3 Å². The predicted octanol–water partition coefficient (Wildman–Crippen LogP) is 4.38. The third-order valence-corrected chi connectivity index (χ3v) is 7.71. The maximum Gasteiger partial charge on any atom is 0.276 e. The molecule has 1 N–H and O–H groups in total. The van der Waals surface area contributed by atoms with Gasteiger partial charge in [0.1, 0.15) is 11.5 Å². The van der Waals surface area contributed by atoms with Crippen LogP contribution in [0.2, 0.25) is 5.02 Å². The van der Waals surface area contributed by atoms with E-state index in [9.17, 15) is 9.59 Å². The van der Waals surface area contributed by atoms with E-state index in [4.69, 9.17) is 11.6 Å². The average molecular weight is 494 g/mol. The van der Waals surface area contributed by atoms with Crippen LogP contribution < -0.4 is 5.32 Å². The molecule has 9 heteroatoms. The number of halogens is 1. The van der Waals surface area contributed by atoms with E-state index < -0.39 is 0 Å². The summed E-state index contributed by atoms with van der Waals surface area (Å²) in [5, 5.41) is 9.63. The molecule has 1 aliphatic heterocycles. The number of pyridine rings is 1. The SMILES string of the molecule is CC(=O)N1C[C@H]2C[C@H](n3ncc(Cl)c3C(=O)Nc3ncc(C#Cc4cccs4)cc3C)C[C@H]2C1. The number of fused-ring (bicyclic) bond motifs is 1. The van der Waals surface area contributed by atoms with Gasteiger partial charge in [-0.3, -0.25) is 14.3 Å². The molecule has 0 radical (unpaired) electrons. The molecular weight excluding hydrogens is 470 g/mol. The van der Waals surface area contributed by atoms with Gasteiger partial charge in [-0.1, -0.05) is 29.5 Å². The van der Waals surface area contributed by atoms with Crippen LogP contribution in [0.5, 0.6) is 0 Å². The lowest BCUT2D eigenvalue weighted by molar-refractivity contribution is -0.128. The van der Waals surface area contributed by atoms with Gasteiger partial charge >= 0.3 is 0 Å². The number of nitrogens with zero attached hydrogens (tertiary/aromatic N) is 4. The molecule has 3 aromatic heterocycles. The average Bonchev–Trinajstić information content (AvgIpc) is 3.57. The zero-order chi connectivity index (χ0) is 23.8. The number of aromatic nitrogens is 3. The molecule has 1 saturated carbocycles. The Morgan fingerprint density at radius 2 is 1.97 bits per heavy atom. The van der Waals surface area contributed by atoms with E-state index in [1.54, 1.807) is 29.1 Å². The van der Waals surface area contributed by atoms with E-state index in [2.05, 4.69) is 27.2 Å². The molecule has 5 rings (SSSR count). The van der Waals surface area contributed by atoms with E-state index >= 15 is 0 Å². The summed E-state index contributed by atoms with van der Waals surface area (Å²) in [5.74, 6) is 7.34. The number of nitrogens with one attached hydrogen (secondary N) is 1. The molecule has 0 spiro atoms. The molecule has 34 heavy (non-hydrogen) atoms. The van der Waals surface area contributed by atoms with Crippen LogP contribution in [0, 0.1) is 30.6 Å². The third-order valence-electron chi connectivity index (χ3n) is 6.64. The highest BCUT2D eigenvalue weighted by molar-refractivity contribution is 7.10. The molecule has 0 unspecified atom stereocenters. The van der Waals surface area contributed by atoms with E-state index in [0.717, 1.165) is 41.9 Å². The van der Waals surface area contributed by atoms with Crippen molar-refractivity contribution >= 4 is 40.6 Å². The molecule has 7 nitrogen and oxygen atoms in total. The zero-order valence-corrected chi connectivity index (χ0v) is 20.5. The fourth-order valence-corrected chi connectivity index (χ4v) is 5.77. The minimum Gasteiger partial charge on any atom is -0.342 e. The summed E-state index contributed by atoms with van der Waals surface area (Å²) in [6.45, 7) is 5.06. The summed E-state index contributed by atoms with van der Waals surface area (Å²) in [4.78, 5) is 32.2. The van der Waals surface area contributed by atoms with Gasteiger partial charge in [0.25, 0.3) is 5.91 Å². The monoisotopic (exact) mass is 493 g/mol. The summed E-state index contributed by atoms with van der Waals surface area (Å²) in [6, 6.07) is 5.92. The molecular formula is C25H24ClN5O2S. The number of rotatable bonds is 3. The van der Waals surface area contributed by atoms with Crippen LogP contribution in [0.15, 0.2) is 36.0 Å². The first-order chi connectivity index (χ1) is 16.4. The number of anilines is 1. The summed E-state index contributed by atoms with van der Waals surface area (Å²) in [7, 11) is 0. The molecule has 3 aromatic rings. The van der Waals surface area contributed by atoms with Gasteiger partial charge in [-0.05, 0) is 54.7 Å². The normalized spacial score (nSPS) is 21.1. The zero-order valence-electron chi connectivity index (χ0n) is 18.9. The largest absolute Gasteiger partial charge is 0.342 e. The van der Waals surface area contributed by atoms with Crippen LogP contribution in [0.4, 0.5) is 5.82 Å². The Labute approximate surface area is 207 Å². The first-order valence-corrected chi connectivity index (χ1v) is 12.5. The second-order valence-electron chi connectivity index (χ2n) is 8.93. The van der Waals surface area contributed by atoms with Gasteiger partial charge < -0.3 is 10.2 Å².